The maximum atomic E-state index is 12.0. The number of nitriles is 1. The zero-order valence-corrected chi connectivity index (χ0v) is 14.7. The van der Waals surface area contributed by atoms with Gasteiger partial charge in [0, 0.05) is 0 Å². The molecule has 2 rings (SSSR count). The lowest BCUT2D eigenvalue weighted by molar-refractivity contribution is 0.0560. The van der Waals surface area contributed by atoms with Crippen LogP contribution in [0, 0.1) is 11.3 Å². The molecule has 0 aliphatic carbocycles. The van der Waals surface area contributed by atoms with Crippen molar-refractivity contribution in [1.82, 2.24) is 0 Å². The number of esters is 1. The Morgan fingerprint density at radius 3 is 2.30 bits per heavy atom. The largest absolute Gasteiger partial charge is 0.463 e. The van der Waals surface area contributed by atoms with Gasteiger partial charge in [-0.25, -0.2) is 4.79 Å². The summed E-state index contributed by atoms with van der Waals surface area (Å²) in [7, 11) is 1.29. The quantitative estimate of drug-likeness (QED) is 0.607. The van der Waals surface area contributed by atoms with Gasteiger partial charge in [0.1, 0.15) is 11.6 Å². The van der Waals surface area contributed by atoms with Gasteiger partial charge in [0.05, 0.1) is 12.7 Å². The Morgan fingerprint density at radius 2 is 1.87 bits per heavy atom. The van der Waals surface area contributed by atoms with E-state index < -0.39 is 5.97 Å². The van der Waals surface area contributed by atoms with E-state index in [0.29, 0.717) is 16.2 Å². The van der Waals surface area contributed by atoms with Crippen LogP contribution < -0.4 is 0 Å². The van der Waals surface area contributed by atoms with Gasteiger partial charge in [-0.3, -0.25) is 0 Å². The van der Waals surface area contributed by atoms with Gasteiger partial charge >= 0.3 is 5.97 Å². The molecular weight excluding hydrogens is 310 g/mol. The predicted octanol–water partition coefficient (Wildman–Crippen LogP) is 4.62. The Morgan fingerprint density at radius 1 is 1.26 bits per heavy atom. The standard InChI is InChI=1S/C18H19NO3S/c1-18(2,3)12-8-6-11(7-9-12)14-13(10-19)17(23-5)22-15(14)16(20)21-4/h6-9H,1-5H3. The smallest absolute Gasteiger partial charge is 0.374 e. The van der Waals surface area contributed by atoms with Gasteiger partial charge in [-0.2, -0.15) is 5.26 Å². The van der Waals surface area contributed by atoms with Gasteiger partial charge in [-0.05, 0) is 22.8 Å². The minimum atomic E-state index is -0.586. The summed E-state index contributed by atoms with van der Waals surface area (Å²) in [4.78, 5) is 12.0. The number of carbonyl (C=O) groups excluding carboxylic acids is 1. The average molecular weight is 329 g/mol. The monoisotopic (exact) mass is 329 g/mol. The highest BCUT2D eigenvalue weighted by atomic mass is 32.2. The van der Waals surface area contributed by atoms with Gasteiger partial charge in [0.2, 0.25) is 5.76 Å². The molecule has 2 aromatic rings. The summed E-state index contributed by atoms with van der Waals surface area (Å²) >= 11 is 1.29. The molecular formula is C18H19NO3S. The third-order valence-corrected chi connectivity index (χ3v) is 4.24. The summed E-state index contributed by atoms with van der Waals surface area (Å²) in [6.07, 6.45) is 1.80. The molecule has 0 saturated carbocycles. The fourth-order valence-corrected chi connectivity index (χ4v) is 2.82. The molecule has 5 heteroatoms. The molecule has 0 fully saturated rings. The molecule has 0 spiro atoms. The van der Waals surface area contributed by atoms with Crippen LogP contribution in [0.3, 0.4) is 0 Å². The third kappa shape index (κ3) is 3.27. The molecule has 120 valence electrons. The predicted molar refractivity (Wildman–Crippen MR) is 90.7 cm³/mol. The maximum Gasteiger partial charge on any atom is 0.374 e. The Hall–Kier alpha value is -2.19. The zero-order chi connectivity index (χ0) is 17.2. The minimum absolute atomic E-state index is 0.0304. The van der Waals surface area contributed by atoms with Crippen molar-refractivity contribution >= 4 is 17.7 Å². The Labute approximate surface area is 140 Å². The number of hydrogen-bond donors (Lipinski definition) is 0. The van der Waals surface area contributed by atoms with Gasteiger partial charge in [0.15, 0.2) is 5.09 Å². The molecule has 0 unspecified atom stereocenters. The maximum absolute atomic E-state index is 12.0. The van der Waals surface area contributed by atoms with Crippen LogP contribution >= 0.6 is 11.8 Å². The van der Waals surface area contributed by atoms with Crippen LogP contribution in [0.5, 0.6) is 0 Å². The number of ether oxygens (including phenoxy) is 1. The average Bonchev–Trinajstić information content (AvgIpc) is 2.91. The molecule has 1 aromatic heterocycles. The first-order valence-corrected chi connectivity index (χ1v) is 8.36. The lowest BCUT2D eigenvalue weighted by atomic mass is 9.86. The number of methoxy groups -OCH3 is 1. The first-order chi connectivity index (χ1) is 10.8. The van der Waals surface area contributed by atoms with Gasteiger partial charge in [-0.15, -0.1) is 0 Å². The van der Waals surface area contributed by atoms with Crippen molar-refractivity contribution in [1.29, 1.82) is 5.26 Å². The molecule has 0 amide bonds. The summed E-state index contributed by atoms with van der Waals surface area (Å²) in [6, 6.07) is 9.95. The summed E-state index contributed by atoms with van der Waals surface area (Å²) in [5, 5.41) is 9.89. The second kappa shape index (κ2) is 6.51. The van der Waals surface area contributed by atoms with Crippen molar-refractivity contribution in [3.05, 3.63) is 41.2 Å². The van der Waals surface area contributed by atoms with Crippen LogP contribution in [0.25, 0.3) is 11.1 Å². The normalized spacial score (nSPS) is 11.1. The minimum Gasteiger partial charge on any atom is -0.463 e. The second-order valence-corrected chi connectivity index (χ2v) is 6.88. The fraction of sp³-hybridized carbons (Fsp3) is 0.333. The van der Waals surface area contributed by atoms with E-state index in [1.807, 2.05) is 24.3 Å². The lowest BCUT2D eigenvalue weighted by Gasteiger charge is -2.19. The highest BCUT2D eigenvalue weighted by molar-refractivity contribution is 7.98. The SMILES string of the molecule is COC(=O)c1oc(SC)c(C#N)c1-c1ccc(C(C)(C)C)cc1. The highest BCUT2D eigenvalue weighted by Gasteiger charge is 2.27. The molecule has 1 aromatic carbocycles. The summed E-state index contributed by atoms with van der Waals surface area (Å²) in [5.41, 5.74) is 2.82. The van der Waals surface area contributed by atoms with Crippen LogP contribution in [0.4, 0.5) is 0 Å². The van der Waals surface area contributed by atoms with E-state index in [9.17, 15) is 10.1 Å². The van der Waals surface area contributed by atoms with Gasteiger partial charge in [-0.1, -0.05) is 56.8 Å². The van der Waals surface area contributed by atoms with E-state index >= 15 is 0 Å². The summed E-state index contributed by atoms with van der Waals surface area (Å²) < 4.78 is 10.3. The molecule has 0 N–H and O–H groups in total. The summed E-state index contributed by atoms with van der Waals surface area (Å²) in [5.74, 6) is -0.520. The number of nitrogens with zero attached hydrogens (tertiary/aromatic N) is 1. The van der Waals surface area contributed by atoms with E-state index in [2.05, 4.69) is 26.8 Å². The van der Waals surface area contributed by atoms with Gasteiger partial charge < -0.3 is 9.15 Å². The van der Waals surface area contributed by atoms with Crippen molar-refractivity contribution in [3.63, 3.8) is 0 Å². The van der Waals surface area contributed by atoms with Crippen LogP contribution in [0.1, 0.15) is 42.5 Å². The number of furan rings is 1. The van der Waals surface area contributed by atoms with E-state index in [0.717, 1.165) is 5.56 Å². The molecule has 4 nitrogen and oxygen atoms in total. The molecule has 0 aliphatic rings. The van der Waals surface area contributed by atoms with E-state index in [-0.39, 0.29) is 11.2 Å². The number of rotatable bonds is 3. The van der Waals surface area contributed by atoms with Crippen LogP contribution in [0.15, 0.2) is 33.8 Å². The topological polar surface area (TPSA) is 63.2 Å². The van der Waals surface area contributed by atoms with Crippen molar-refractivity contribution in [2.75, 3.05) is 13.4 Å². The third-order valence-electron chi connectivity index (χ3n) is 3.58. The molecule has 0 radical (unpaired) electrons. The molecule has 0 saturated heterocycles. The van der Waals surface area contributed by atoms with Crippen LogP contribution in [-0.2, 0) is 10.2 Å². The molecule has 0 bridgehead atoms. The van der Waals surface area contributed by atoms with E-state index in [1.54, 1.807) is 6.26 Å². The molecule has 23 heavy (non-hydrogen) atoms. The van der Waals surface area contributed by atoms with Crippen molar-refractivity contribution in [3.8, 4) is 17.2 Å². The highest BCUT2D eigenvalue weighted by Crippen LogP contribution is 2.37. The number of benzene rings is 1. The first kappa shape index (κ1) is 17.2. The fourth-order valence-electron chi connectivity index (χ4n) is 2.30. The van der Waals surface area contributed by atoms with Crippen molar-refractivity contribution in [2.45, 2.75) is 31.3 Å². The number of hydrogen-bond acceptors (Lipinski definition) is 5. The Balaban J connectivity index is 2.64. The molecule has 1 heterocycles. The van der Waals surface area contributed by atoms with E-state index in [1.165, 1.54) is 24.4 Å². The Kier molecular flexibility index (Phi) is 4.86. The lowest BCUT2D eigenvalue weighted by Crippen LogP contribution is -2.10. The summed E-state index contributed by atoms with van der Waals surface area (Å²) in [6.45, 7) is 6.39. The van der Waals surface area contributed by atoms with Crippen molar-refractivity contribution in [2.24, 2.45) is 0 Å². The van der Waals surface area contributed by atoms with Crippen LogP contribution in [0.2, 0.25) is 0 Å². The van der Waals surface area contributed by atoms with Crippen molar-refractivity contribution < 1.29 is 13.9 Å². The second-order valence-electron chi connectivity index (χ2n) is 6.10. The molecule has 0 aliphatic heterocycles. The Bertz CT molecular complexity index is 761. The first-order valence-electron chi connectivity index (χ1n) is 7.13. The van der Waals surface area contributed by atoms with Crippen LogP contribution in [-0.4, -0.2) is 19.3 Å². The van der Waals surface area contributed by atoms with Gasteiger partial charge in [0.25, 0.3) is 0 Å². The number of carbonyl (C=O) groups is 1. The zero-order valence-electron chi connectivity index (χ0n) is 13.9. The number of thioether (sulfide) groups is 1. The molecule has 0 atom stereocenters. The van der Waals surface area contributed by atoms with E-state index in [4.69, 9.17) is 9.15 Å².